The molecule has 0 fully saturated rings. The van der Waals surface area contributed by atoms with Crippen LogP contribution >= 0.6 is 0 Å². The molecule has 0 saturated carbocycles. The average molecular weight is 887 g/mol. The number of fused-ring (bicyclic) bond motifs is 6. The number of methoxy groups -OCH3 is 2. The lowest BCUT2D eigenvalue weighted by Crippen LogP contribution is -2.32. The van der Waals surface area contributed by atoms with Crippen molar-refractivity contribution in [2.45, 2.75) is 118 Å². The maximum atomic E-state index is 12.5. The molecule has 14 nitrogen and oxygen atoms in total. The standard InChI is InChI=1S/2C25H33NO6/c2*1-25(2,3)23-12-16-11-22(32-10-8-6-5-7-9-27)21(31-4)13-17(16)19-14-20(28)18(24(29)30)15-26(19)23/h2*11,13-15,23,27H,5-10,12H2,1-4H3,(H,29,30)/t2*23-/m10/s1. The third kappa shape index (κ3) is 11.6. The number of carboxylic acid groups (broad SMARTS) is 2. The number of unbranched alkanes of at least 4 members (excludes halogenated alkanes) is 6. The minimum atomic E-state index is -1.22. The molecular weight excluding hydrogens is 821 g/mol. The predicted octanol–water partition coefficient (Wildman–Crippen LogP) is 8.59. The Morgan fingerprint density at radius 2 is 0.922 bits per heavy atom. The van der Waals surface area contributed by atoms with E-state index in [4.69, 9.17) is 29.2 Å². The van der Waals surface area contributed by atoms with E-state index in [1.54, 1.807) is 14.2 Å². The van der Waals surface area contributed by atoms with Crippen LogP contribution in [-0.2, 0) is 12.8 Å². The molecule has 0 unspecified atom stereocenters. The van der Waals surface area contributed by atoms with Gasteiger partial charge in [0.15, 0.2) is 33.9 Å². The number of carboxylic acids is 2. The molecule has 0 radical (unpaired) electrons. The van der Waals surface area contributed by atoms with Crippen LogP contribution < -0.4 is 29.8 Å². The fourth-order valence-corrected chi connectivity index (χ4v) is 8.49. The summed E-state index contributed by atoms with van der Waals surface area (Å²) in [7, 11) is 3.16. The van der Waals surface area contributed by atoms with Crippen molar-refractivity contribution in [3.63, 3.8) is 0 Å². The lowest BCUT2D eigenvalue weighted by Gasteiger charge is -2.39. The van der Waals surface area contributed by atoms with Gasteiger partial charge in [-0.1, -0.05) is 54.4 Å². The van der Waals surface area contributed by atoms with Crippen LogP contribution in [0.3, 0.4) is 0 Å². The van der Waals surface area contributed by atoms with Gasteiger partial charge in [-0.3, -0.25) is 9.59 Å². The minimum Gasteiger partial charge on any atom is -0.493 e. The third-order valence-electron chi connectivity index (χ3n) is 12.1. The van der Waals surface area contributed by atoms with Crippen molar-refractivity contribution < 1.29 is 49.0 Å². The van der Waals surface area contributed by atoms with E-state index in [-0.39, 0.29) is 47.3 Å². The second-order valence-corrected chi connectivity index (χ2v) is 18.8. The molecule has 4 N–H and O–H groups in total. The first-order valence-electron chi connectivity index (χ1n) is 22.2. The summed E-state index contributed by atoms with van der Waals surface area (Å²) in [5.41, 5.74) is 3.39. The van der Waals surface area contributed by atoms with Gasteiger partial charge in [-0.05, 0) is 97.6 Å². The first-order chi connectivity index (χ1) is 30.3. The smallest absolute Gasteiger partial charge is 0.341 e. The van der Waals surface area contributed by atoms with Gasteiger partial charge in [0.1, 0.15) is 11.1 Å². The Balaban J connectivity index is 0.000000241. The van der Waals surface area contributed by atoms with Gasteiger partial charge >= 0.3 is 11.9 Å². The molecule has 0 saturated heterocycles. The monoisotopic (exact) mass is 886 g/mol. The Labute approximate surface area is 375 Å². The van der Waals surface area contributed by atoms with Crippen molar-refractivity contribution in [2.24, 2.45) is 10.8 Å². The summed E-state index contributed by atoms with van der Waals surface area (Å²) in [6.07, 6.45) is 11.6. The molecule has 2 aromatic heterocycles. The number of ether oxygens (including phenoxy) is 4. The summed E-state index contributed by atoms with van der Waals surface area (Å²) in [4.78, 5) is 48.2. The third-order valence-corrected chi connectivity index (χ3v) is 12.1. The second kappa shape index (κ2) is 21.4. The van der Waals surface area contributed by atoms with Gasteiger partial charge in [0, 0.05) is 61.0 Å². The number of aromatic carboxylic acids is 2. The van der Waals surface area contributed by atoms with E-state index in [0.717, 1.165) is 73.6 Å². The lowest BCUT2D eigenvalue weighted by molar-refractivity contribution is 0.0683. The zero-order chi connectivity index (χ0) is 46.9. The van der Waals surface area contributed by atoms with Crippen LogP contribution in [0.5, 0.6) is 23.0 Å². The number of rotatable bonds is 18. The van der Waals surface area contributed by atoms with E-state index in [1.165, 1.54) is 24.5 Å². The molecule has 2 atom stereocenters. The fourth-order valence-electron chi connectivity index (χ4n) is 8.49. The minimum absolute atomic E-state index is 0.0246. The maximum Gasteiger partial charge on any atom is 0.341 e. The summed E-state index contributed by atoms with van der Waals surface area (Å²) < 4.78 is 27.0. The van der Waals surface area contributed by atoms with Crippen molar-refractivity contribution in [2.75, 3.05) is 40.6 Å². The molecule has 2 aliphatic rings. The van der Waals surface area contributed by atoms with E-state index in [2.05, 4.69) is 41.5 Å². The maximum absolute atomic E-state index is 12.5. The van der Waals surface area contributed by atoms with Crippen molar-refractivity contribution in [1.82, 2.24) is 9.13 Å². The van der Waals surface area contributed by atoms with Gasteiger partial charge in [0.25, 0.3) is 0 Å². The fraction of sp³-hybridized carbons (Fsp3) is 0.520. The van der Waals surface area contributed by atoms with Crippen LogP contribution in [0, 0.1) is 10.8 Å². The van der Waals surface area contributed by atoms with E-state index >= 15 is 0 Å². The van der Waals surface area contributed by atoms with Crippen molar-refractivity contribution in [1.29, 1.82) is 0 Å². The predicted molar refractivity (Wildman–Crippen MR) is 246 cm³/mol. The Kier molecular flexibility index (Phi) is 16.5. The highest BCUT2D eigenvalue weighted by atomic mass is 16.5. The summed E-state index contributed by atoms with van der Waals surface area (Å²) in [6.45, 7) is 14.2. The molecule has 0 bridgehead atoms. The largest absolute Gasteiger partial charge is 0.493 e. The molecule has 0 aliphatic carbocycles. The SMILES string of the molecule is COc1cc2c(cc1OCCCCCCO)C[C@@H](C(C)(C)C)n1cc(C(=O)O)c(=O)cc1-2.COc1cc2c(cc1OCCCCCCO)C[C@H](C(C)(C)C)n1cc(C(=O)O)c(=O)cc1-2. The molecule has 4 aromatic rings. The number of hydrogen-bond acceptors (Lipinski definition) is 10. The summed E-state index contributed by atoms with van der Waals surface area (Å²) in [5.74, 6) is 0.0513. The average Bonchev–Trinajstić information content (AvgIpc) is 3.23. The number of aliphatic hydroxyl groups is 2. The van der Waals surface area contributed by atoms with Gasteiger partial charge in [-0.15, -0.1) is 0 Å². The Hall–Kier alpha value is -5.60. The number of benzene rings is 2. The highest BCUT2D eigenvalue weighted by Crippen LogP contribution is 2.47. The summed E-state index contributed by atoms with van der Waals surface area (Å²) >= 11 is 0. The molecule has 2 aromatic carbocycles. The molecule has 14 heteroatoms. The van der Waals surface area contributed by atoms with Crippen LogP contribution in [0.1, 0.15) is 137 Å². The zero-order valence-corrected chi connectivity index (χ0v) is 38.6. The van der Waals surface area contributed by atoms with Crippen LogP contribution in [0.4, 0.5) is 0 Å². The Morgan fingerprint density at radius 3 is 1.23 bits per heavy atom. The number of aromatic nitrogens is 2. The summed E-state index contributed by atoms with van der Waals surface area (Å²) in [6, 6.07) is 10.5. The molecule has 0 amide bonds. The topological polar surface area (TPSA) is 196 Å². The molecule has 0 spiro atoms. The molecule has 2 aliphatic heterocycles. The van der Waals surface area contributed by atoms with Crippen LogP contribution in [0.25, 0.3) is 22.5 Å². The van der Waals surface area contributed by atoms with Gasteiger partial charge < -0.3 is 48.5 Å². The van der Waals surface area contributed by atoms with Crippen molar-refractivity contribution >= 4 is 11.9 Å². The quantitative estimate of drug-likeness (QED) is 0.0696. The van der Waals surface area contributed by atoms with E-state index in [1.807, 2.05) is 33.4 Å². The second-order valence-electron chi connectivity index (χ2n) is 18.8. The van der Waals surface area contributed by atoms with Gasteiger partial charge in [-0.2, -0.15) is 0 Å². The highest BCUT2D eigenvalue weighted by Gasteiger charge is 2.36. The van der Waals surface area contributed by atoms with Crippen LogP contribution in [-0.4, -0.2) is 82.1 Å². The number of aliphatic hydroxyl groups excluding tert-OH is 2. The van der Waals surface area contributed by atoms with Crippen LogP contribution in [0.2, 0.25) is 0 Å². The van der Waals surface area contributed by atoms with Gasteiger partial charge in [0.05, 0.1) is 38.8 Å². The first kappa shape index (κ1) is 49.4. The first-order valence-corrected chi connectivity index (χ1v) is 22.2. The number of hydrogen-bond donors (Lipinski definition) is 4. The van der Waals surface area contributed by atoms with E-state index in [9.17, 15) is 29.4 Å². The normalized spacial score (nSPS) is 15.1. The molecule has 4 heterocycles. The van der Waals surface area contributed by atoms with Gasteiger partial charge in [-0.25, -0.2) is 9.59 Å². The number of carbonyl (C=O) groups is 2. The molecule has 348 valence electrons. The number of nitrogens with zero attached hydrogens (tertiary/aromatic N) is 2. The van der Waals surface area contributed by atoms with E-state index in [0.29, 0.717) is 60.4 Å². The lowest BCUT2D eigenvalue weighted by atomic mass is 9.78. The van der Waals surface area contributed by atoms with Crippen molar-refractivity contribution in [3.05, 3.63) is 91.5 Å². The summed E-state index contributed by atoms with van der Waals surface area (Å²) in [5, 5.41) is 36.7. The molecule has 64 heavy (non-hydrogen) atoms. The number of pyridine rings is 2. The Bertz CT molecular complexity index is 2230. The van der Waals surface area contributed by atoms with E-state index < -0.39 is 22.8 Å². The Morgan fingerprint density at radius 1 is 0.562 bits per heavy atom. The molecular formula is C50H66N2O12. The highest BCUT2D eigenvalue weighted by molar-refractivity contribution is 5.88. The zero-order valence-electron chi connectivity index (χ0n) is 38.6. The van der Waals surface area contributed by atoms with Gasteiger partial charge in [0.2, 0.25) is 0 Å². The van der Waals surface area contributed by atoms with Crippen molar-refractivity contribution in [3.8, 4) is 45.5 Å². The van der Waals surface area contributed by atoms with Crippen LogP contribution in [0.15, 0.2) is 58.4 Å². The molecule has 6 rings (SSSR count).